The summed E-state index contributed by atoms with van der Waals surface area (Å²) >= 11 is 1.95. The van der Waals surface area contributed by atoms with Crippen molar-refractivity contribution in [1.82, 2.24) is 10.3 Å². The number of hydrogen-bond donors (Lipinski definition) is 1. The quantitative estimate of drug-likeness (QED) is 0.900. The Morgan fingerprint density at radius 1 is 1.24 bits per heavy atom. The Hall–Kier alpha value is -0.450. The van der Waals surface area contributed by atoms with E-state index in [-0.39, 0.29) is 5.60 Å². The zero-order chi connectivity index (χ0) is 14.3. The smallest absolute Gasteiger partial charge is 0.125 e. The molecule has 0 radical (unpaired) electrons. The number of aromatic nitrogens is 1. The predicted molar refractivity (Wildman–Crippen MR) is 86.0 cm³/mol. The summed E-state index contributed by atoms with van der Waals surface area (Å²) in [5.41, 5.74) is 1.34. The van der Waals surface area contributed by atoms with E-state index in [0.29, 0.717) is 5.92 Å². The van der Waals surface area contributed by atoms with Gasteiger partial charge in [0.2, 0.25) is 0 Å². The summed E-state index contributed by atoms with van der Waals surface area (Å²) in [6.45, 7) is 1.13. The second-order valence-corrected chi connectivity index (χ2v) is 8.09. The van der Waals surface area contributed by atoms with Crippen molar-refractivity contribution in [2.24, 2.45) is 0 Å². The first-order chi connectivity index (χ1) is 10.3. The molecule has 2 saturated carbocycles. The summed E-state index contributed by atoms with van der Waals surface area (Å²) in [7, 11) is 1.87. The molecule has 0 bridgehead atoms. The van der Waals surface area contributed by atoms with Gasteiger partial charge in [-0.15, -0.1) is 11.3 Å². The van der Waals surface area contributed by atoms with Crippen molar-refractivity contribution >= 4 is 11.3 Å². The Morgan fingerprint density at radius 3 is 2.76 bits per heavy atom. The van der Waals surface area contributed by atoms with Gasteiger partial charge < -0.3 is 10.1 Å². The third-order valence-electron chi connectivity index (χ3n) is 5.49. The maximum Gasteiger partial charge on any atom is 0.125 e. The Labute approximate surface area is 131 Å². The molecule has 3 nitrogen and oxygen atoms in total. The van der Waals surface area contributed by atoms with Gasteiger partial charge in [-0.3, -0.25) is 0 Å². The van der Waals surface area contributed by atoms with Crippen LogP contribution in [-0.2, 0) is 16.8 Å². The number of fused-ring (bicyclic) bond motifs is 1. The van der Waals surface area contributed by atoms with Gasteiger partial charge in [-0.2, -0.15) is 0 Å². The summed E-state index contributed by atoms with van der Waals surface area (Å²) in [6.07, 6.45) is 11.5. The van der Waals surface area contributed by atoms with E-state index >= 15 is 0 Å². The summed E-state index contributed by atoms with van der Waals surface area (Å²) < 4.78 is 5.94. The molecule has 1 aromatic rings. The summed E-state index contributed by atoms with van der Waals surface area (Å²) in [5.74, 6) is 0.634. The molecule has 4 rings (SSSR count). The number of thiazole rings is 1. The van der Waals surface area contributed by atoms with Crippen molar-refractivity contribution in [3.63, 3.8) is 0 Å². The van der Waals surface area contributed by atoms with Gasteiger partial charge in [0.25, 0.3) is 0 Å². The van der Waals surface area contributed by atoms with Crippen LogP contribution in [0.25, 0.3) is 0 Å². The standard InChI is InChI=1S/C17H26N2OS/c1-20-17(9-2-3-10-17)16-19-15-12(11-18-13-7-8-13)5-4-6-14(15)21-16/h12-13,18H,2-11H2,1H3. The predicted octanol–water partition coefficient (Wildman–Crippen LogP) is 3.73. The Morgan fingerprint density at radius 2 is 2.05 bits per heavy atom. The summed E-state index contributed by atoms with van der Waals surface area (Å²) in [6, 6.07) is 0.800. The minimum Gasteiger partial charge on any atom is -0.371 e. The fourth-order valence-corrected chi connectivity index (χ4v) is 5.36. The average molecular weight is 306 g/mol. The molecule has 21 heavy (non-hydrogen) atoms. The van der Waals surface area contributed by atoms with E-state index in [1.165, 1.54) is 55.6 Å². The maximum absolute atomic E-state index is 5.94. The lowest BCUT2D eigenvalue weighted by molar-refractivity contribution is -0.00900. The first-order valence-corrected chi connectivity index (χ1v) is 9.41. The van der Waals surface area contributed by atoms with Crippen LogP contribution in [0.3, 0.4) is 0 Å². The van der Waals surface area contributed by atoms with Crippen molar-refractivity contribution in [1.29, 1.82) is 0 Å². The van der Waals surface area contributed by atoms with Crippen molar-refractivity contribution in [3.8, 4) is 0 Å². The first kappa shape index (κ1) is 14.2. The number of rotatable bonds is 5. The zero-order valence-corrected chi connectivity index (χ0v) is 13.8. The van der Waals surface area contributed by atoms with Gasteiger partial charge in [0, 0.05) is 30.5 Å². The Bertz CT molecular complexity index is 503. The molecule has 4 heteroatoms. The van der Waals surface area contributed by atoms with Crippen LogP contribution in [0.1, 0.15) is 72.9 Å². The highest BCUT2D eigenvalue weighted by atomic mass is 32.1. The van der Waals surface area contributed by atoms with Gasteiger partial charge in [-0.1, -0.05) is 12.8 Å². The van der Waals surface area contributed by atoms with Crippen LogP contribution < -0.4 is 5.32 Å². The number of aryl methyl sites for hydroxylation is 1. The number of methoxy groups -OCH3 is 1. The molecule has 1 unspecified atom stereocenters. The number of nitrogens with zero attached hydrogens (tertiary/aromatic N) is 1. The second kappa shape index (κ2) is 5.64. The first-order valence-electron chi connectivity index (χ1n) is 8.59. The fraction of sp³-hybridized carbons (Fsp3) is 0.824. The van der Waals surface area contributed by atoms with Gasteiger partial charge in [0.1, 0.15) is 10.6 Å². The zero-order valence-electron chi connectivity index (χ0n) is 13.0. The number of hydrogen-bond acceptors (Lipinski definition) is 4. The third kappa shape index (κ3) is 2.66. The van der Waals surface area contributed by atoms with E-state index in [0.717, 1.165) is 25.4 Å². The van der Waals surface area contributed by atoms with Crippen molar-refractivity contribution in [3.05, 3.63) is 15.6 Å². The summed E-state index contributed by atoms with van der Waals surface area (Å²) in [5, 5.41) is 4.97. The van der Waals surface area contributed by atoms with Gasteiger partial charge in [-0.25, -0.2) is 4.98 Å². The molecule has 116 valence electrons. The Balaban J connectivity index is 1.57. The molecule has 1 N–H and O–H groups in total. The topological polar surface area (TPSA) is 34.1 Å². The molecule has 1 atom stereocenters. The number of ether oxygens (including phenoxy) is 1. The van der Waals surface area contributed by atoms with Crippen LogP contribution in [-0.4, -0.2) is 24.7 Å². The normalized spacial score (nSPS) is 27.8. The lowest BCUT2D eigenvalue weighted by Crippen LogP contribution is -2.27. The van der Waals surface area contributed by atoms with Gasteiger partial charge >= 0.3 is 0 Å². The molecular formula is C17H26N2OS. The molecular weight excluding hydrogens is 280 g/mol. The molecule has 1 heterocycles. The summed E-state index contributed by atoms with van der Waals surface area (Å²) in [4.78, 5) is 6.65. The largest absolute Gasteiger partial charge is 0.371 e. The molecule has 0 aromatic carbocycles. The molecule has 3 aliphatic rings. The van der Waals surface area contributed by atoms with Crippen molar-refractivity contribution < 1.29 is 4.74 Å². The number of nitrogens with one attached hydrogen (secondary N) is 1. The van der Waals surface area contributed by atoms with Crippen LogP contribution in [0.15, 0.2) is 0 Å². The highest BCUT2D eigenvalue weighted by Gasteiger charge is 2.40. The molecule has 3 aliphatic carbocycles. The molecule has 2 fully saturated rings. The molecule has 0 saturated heterocycles. The molecule has 0 spiro atoms. The van der Waals surface area contributed by atoms with Crippen molar-refractivity contribution in [2.75, 3.05) is 13.7 Å². The monoisotopic (exact) mass is 306 g/mol. The van der Waals surface area contributed by atoms with Crippen LogP contribution in [0, 0.1) is 0 Å². The fourth-order valence-electron chi connectivity index (χ4n) is 3.95. The second-order valence-electron chi connectivity index (χ2n) is 7.00. The average Bonchev–Trinajstić information content (AvgIpc) is 3.03. The SMILES string of the molecule is COC1(c2nc3c(s2)CCCC3CNC2CC2)CCCC1. The lowest BCUT2D eigenvalue weighted by atomic mass is 9.91. The van der Waals surface area contributed by atoms with Crippen LogP contribution in [0.2, 0.25) is 0 Å². The third-order valence-corrected chi connectivity index (χ3v) is 6.81. The van der Waals surface area contributed by atoms with E-state index in [4.69, 9.17) is 9.72 Å². The molecule has 0 amide bonds. The van der Waals surface area contributed by atoms with Gasteiger partial charge in [0.05, 0.1) is 5.69 Å². The van der Waals surface area contributed by atoms with E-state index in [1.54, 1.807) is 4.88 Å². The van der Waals surface area contributed by atoms with Crippen LogP contribution in [0.5, 0.6) is 0 Å². The van der Waals surface area contributed by atoms with E-state index < -0.39 is 0 Å². The lowest BCUT2D eigenvalue weighted by Gasteiger charge is -2.24. The minimum absolute atomic E-state index is 0.0590. The maximum atomic E-state index is 5.94. The van der Waals surface area contributed by atoms with E-state index in [1.807, 2.05) is 18.4 Å². The minimum atomic E-state index is -0.0590. The molecule has 1 aromatic heterocycles. The van der Waals surface area contributed by atoms with Crippen LogP contribution >= 0.6 is 11.3 Å². The Kier molecular flexibility index (Phi) is 3.80. The van der Waals surface area contributed by atoms with Gasteiger partial charge in [-0.05, 0) is 44.9 Å². The van der Waals surface area contributed by atoms with Crippen LogP contribution in [0.4, 0.5) is 0 Å². The van der Waals surface area contributed by atoms with E-state index in [9.17, 15) is 0 Å². The van der Waals surface area contributed by atoms with E-state index in [2.05, 4.69) is 5.32 Å². The molecule has 0 aliphatic heterocycles. The van der Waals surface area contributed by atoms with Gasteiger partial charge in [0.15, 0.2) is 0 Å². The highest BCUT2D eigenvalue weighted by molar-refractivity contribution is 7.11. The highest BCUT2D eigenvalue weighted by Crippen LogP contribution is 2.46. The van der Waals surface area contributed by atoms with Crippen molar-refractivity contribution in [2.45, 2.75) is 75.3 Å².